The second-order valence-corrected chi connectivity index (χ2v) is 8.32. The predicted octanol–water partition coefficient (Wildman–Crippen LogP) is -2.64. The molecule has 0 radical (unpaired) electrons. The quantitative estimate of drug-likeness (QED) is 0.106. The van der Waals surface area contributed by atoms with Crippen LogP contribution in [-0.4, -0.2) is 70.5 Å². The van der Waals surface area contributed by atoms with Crippen LogP contribution in [0.2, 0.25) is 0 Å². The molecule has 14 heteroatoms. The Kier molecular flexibility index (Phi) is 13.7. The third-order valence-electron chi connectivity index (χ3n) is 4.48. The molecule has 0 rings (SSSR count). The molecule has 4 unspecified atom stereocenters. The molecule has 0 saturated carbocycles. The van der Waals surface area contributed by atoms with Crippen LogP contribution in [0.25, 0.3) is 0 Å². The number of thiol groups is 1. The summed E-state index contributed by atoms with van der Waals surface area (Å²) in [5, 5.41) is 16.1. The number of carboxylic acids is 1. The molecular weight excluding hydrogens is 456 g/mol. The van der Waals surface area contributed by atoms with E-state index in [2.05, 4.69) is 28.6 Å². The van der Waals surface area contributed by atoms with Crippen molar-refractivity contribution in [1.29, 1.82) is 0 Å². The molecule has 0 aromatic heterocycles. The third kappa shape index (κ3) is 12.7. The normalized spacial score (nSPS) is 14.5. The van der Waals surface area contributed by atoms with Crippen LogP contribution in [0, 0.1) is 5.92 Å². The van der Waals surface area contributed by atoms with Gasteiger partial charge in [0.05, 0.1) is 6.04 Å². The molecule has 5 amide bonds. The van der Waals surface area contributed by atoms with Crippen molar-refractivity contribution in [2.75, 3.05) is 5.75 Å². The van der Waals surface area contributed by atoms with E-state index in [-0.39, 0.29) is 37.4 Å². The summed E-state index contributed by atoms with van der Waals surface area (Å²) in [4.78, 5) is 71.3. The molecule has 0 bridgehead atoms. The summed E-state index contributed by atoms with van der Waals surface area (Å²) in [6.45, 7) is 3.73. The first kappa shape index (κ1) is 30.1. The van der Waals surface area contributed by atoms with Gasteiger partial charge in [0.25, 0.3) is 0 Å². The number of carbonyl (C=O) groups excluding carboxylic acids is 5. The maximum Gasteiger partial charge on any atom is 0.327 e. The zero-order valence-corrected chi connectivity index (χ0v) is 19.6. The minimum Gasteiger partial charge on any atom is -0.480 e. The largest absolute Gasteiger partial charge is 0.480 e. The van der Waals surface area contributed by atoms with Crippen LogP contribution in [-0.2, 0) is 28.8 Å². The van der Waals surface area contributed by atoms with Gasteiger partial charge in [0.1, 0.15) is 18.1 Å². The zero-order valence-electron chi connectivity index (χ0n) is 18.7. The van der Waals surface area contributed by atoms with Crippen LogP contribution in [0.15, 0.2) is 0 Å². The number of carbonyl (C=O) groups is 6. The first-order valence-corrected chi connectivity index (χ1v) is 11.0. The third-order valence-corrected chi connectivity index (χ3v) is 4.85. The molecule has 0 aliphatic heterocycles. The molecule has 4 atom stereocenters. The van der Waals surface area contributed by atoms with Crippen molar-refractivity contribution < 1.29 is 33.9 Å². The minimum absolute atomic E-state index is 0.111. The van der Waals surface area contributed by atoms with Gasteiger partial charge < -0.3 is 38.3 Å². The van der Waals surface area contributed by atoms with Gasteiger partial charge in [-0.3, -0.25) is 24.0 Å². The SMILES string of the molecule is CC(C)CC(N)C(=O)NC(CCC(N)=O)C(=O)NC(CCC(N)=O)C(=O)NC(CS)C(=O)O. The smallest absolute Gasteiger partial charge is 0.327 e. The summed E-state index contributed by atoms with van der Waals surface area (Å²) in [7, 11) is 0. The zero-order chi connectivity index (χ0) is 25.7. The fourth-order valence-corrected chi connectivity index (χ4v) is 2.98. The summed E-state index contributed by atoms with van der Waals surface area (Å²) in [6, 6.07) is -4.85. The molecule has 0 heterocycles. The van der Waals surface area contributed by atoms with Crippen molar-refractivity contribution in [2.24, 2.45) is 23.1 Å². The lowest BCUT2D eigenvalue weighted by molar-refractivity contribution is -0.141. The van der Waals surface area contributed by atoms with Gasteiger partial charge in [0.15, 0.2) is 0 Å². The average molecular weight is 491 g/mol. The highest BCUT2D eigenvalue weighted by Crippen LogP contribution is 2.06. The number of aliphatic carboxylic acids is 1. The molecule has 188 valence electrons. The number of rotatable bonds is 16. The topological polar surface area (TPSA) is 237 Å². The van der Waals surface area contributed by atoms with E-state index in [9.17, 15) is 28.8 Å². The Bertz CT molecular complexity index is 733. The minimum atomic E-state index is -1.34. The van der Waals surface area contributed by atoms with E-state index in [1.165, 1.54) is 0 Å². The van der Waals surface area contributed by atoms with E-state index in [1.807, 2.05) is 13.8 Å². The number of carboxylic acid groups (broad SMARTS) is 1. The molecule has 0 spiro atoms. The molecule has 13 nitrogen and oxygen atoms in total. The van der Waals surface area contributed by atoms with Crippen LogP contribution in [0.4, 0.5) is 0 Å². The fraction of sp³-hybridized carbons (Fsp3) is 0.684. The van der Waals surface area contributed by atoms with E-state index in [0.29, 0.717) is 6.42 Å². The Morgan fingerprint density at radius 1 is 0.788 bits per heavy atom. The summed E-state index contributed by atoms with van der Waals surface area (Å²) in [6.07, 6.45) is -0.569. The van der Waals surface area contributed by atoms with Gasteiger partial charge in [-0.15, -0.1) is 0 Å². The van der Waals surface area contributed by atoms with Crippen LogP contribution < -0.4 is 33.2 Å². The number of nitrogens with one attached hydrogen (secondary N) is 3. The molecular formula is C19H34N6O7S. The summed E-state index contributed by atoms with van der Waals surface area (Å²) < 4.78 is 0. The Morgan fingerprint density at radius 3 is 1.52 bits per heavy atom. The Labute approximate surface area is 197 Å². The van der Waals surface area contributed by atoms with Crippen molar-refractivity contribution in [3.05, 3.63) is 0 Å². The lowest BCUT2D eigenvalue weighted by Crippen LogP contribution is -2.57. The maximum absolute atomic E-state index is 12.8. The van der Waals surface area contributed by atoms with Crippen LogP contribution in [0.1, 0.15) is 46.0 Å². The summed E-state index contributed by atoms with van der Waals surface area (Å²) >= 11 is 3.85. The molecule has 0 aliphatic carbocycles. The fourth-order valence-electron chi connectivity index (χ4n) is 2.73. The van der Waals surface area contributed by atoms with Gasteiger partial charge in [-0.1, -0.05) is 13.8 Å². The monoisotopic (exact) mass is 490 g/mol. The number of hydrogen-bond acceptors (Lipinski definition) is 8. The molecule has 0 aromatic rings. The second-order valence-electron chi connectivity index (χ2n) is 7.95. The number of nitrogens with two attached hydrogens (primary N) is 3. The molecule has 0 fully saturated rings. The van der Waals surface area contributed by atoms with Gasteiger partial charge in [-0.25, -0.2) is 4.79 Å². The van der Waals surface area contributed by atoms with Crippen molar-refractivity contribution in [3.63, 3.8) is 0 Å². The average Bonchev–Trinajstić information content (AvgIpc) is 2.70. The number of amides is 5. The summed E-state index contributed by atoms with van der Waals surface area (Å²) in [5.74, 6) is -5.27. The van der Waals surface area contributed by atoms with Crippen molar-refractivity contribution in [2.45, 2.75) is 70.1 Å². The summed E-state index contributed by atoms with van der Waals surface area (Å²) in [5.41, 5.74) is 16.1. The Morgan fingerprint density at radius 2 is 1.18 bits per heavy atom. The molecule has 10 N–H and O–H groups in total. The Hall–Kier alpha value is -2.87. The molecule has 0 aromatic carbocycles. The van der Waals surface area contributed by atoms with Crippen LogP contribution >= 0.6 is 12.6 Å². The highest BCUT2D eigenvalue weighted by Gasteiger charge is 2.30. The first-order chi connectivity index (χ1) is 15.3. The van der Waals surface area contributed by atoms with Gasteiger partial charge in [0.2, 0.25) is 29.5 Å². The van der Waals surface area contributed by atoms with Gasteiger partial charge in [0, 0.05) is 18.6 Å². The highest BCUT2D eigenvalue weighted by molar-refractivity contribution is 7.80. The van der Waals surface area contributed by atoms with Crippen molar-refractivity contribution in [1.82, 2.24) is 16.0 Å². The molecule has 0 aliphatic rings. The van der Waals surface area contributed by atoms with E-state index < -0.39 is 59.7 Å². The van der Waals surface area contributed by atoms with Crippen molar-refractivity contribution >= 4 is 48.1 Å². The predicted molar refractivity (Wildman–Crippen MR) is 122 cm³/mol. The van der Waals surface area contributed by atoms with Crippen molar-refractivity contribution in [3.8, 4) is 0 Å². The second kappa shape index (κ2) is 15.1. The first-order valence-electron chi connectivity index (χ1n) is 10.3. The van der Waals surface area contributed by atoms with Crippen LogP contribution in [0.3, 0.4) is 0 Å². The van der Waals surface area contributed by atoms with Gasteiger partial charge >= 0.3 is 5.97 Å². The maximum atomic E-state index is 12.8. The standard InChI is InChI=1S/C19H34N6O7S/c1-9(2)7-10(20)16(28)23-11(3-5-14(21)26)17(29)24-12(4-6-15(22)27)18(30)25-13(8-33)19(31)32/h9-13,33H,3-8,20H2,1-2H3,(H2,21,26)(H2,22,27)(H,23,28)(H,24,29)(H,25,30)(H,31,32). The molecule has 0 saturated heterocycles. The lowest BCUT2D eigenvalue weighted by Gasteiger charge is -2.25. The van der Waals surface area contributed by atoms with E-state index in [4.69, 9.17) is 22.3 Å². The highest BCUT2D eigenvalue weighted by atomic mass is 32.1. The van der Waals surface area contributed by atoms with E-state index >= 15 is 0 Å². The number of primary amides is 2. The van der Waals surface area contributed by atoms with Crippen LogP contribution in [0.5, 0.6) is 0 Å². The number of hydrogen-bond donors (Lipinski definition) is 8. The van der Waals surface area contributed by atoms with E-state index in [1.54, 1.807) is 0 Å². The lowest BCUT2D eigenvalue weighted by atomic mass is 10.0. The van der Waals surface area contributed by atoms with Gasteiger partial charge in [-0.2, -0.15) is 12.6 Å². The van der Waals surface area contributed by atoms with E-state index in [0.717, 1.165) is 0 Å². The molecule has 33 heavy (non-hydrogen) atoms. The Balaban J connectivity index is 5.53. The van der Waals surface area contributed by atoms with Gasteiger partial charge in [-0.05, 0) is 25.2 Å².